The fourth-order valence-electron chi connectivity index (χ4n) is 2.14. The summed E-state index contributed by atoms with van der Waals surface area (Å²) in [4.78, 5) is 10.5. The van der Waals surface area contributed by atoms with Gasteiger partial charge < -0.3 is 9.84 Å². The van der Waals surface area contributed by atoms with Crippen molar-refractivity contribution in [3.8, 4) is 0 Å². The molecule has 0 aromatic rings. The molecule has 0 aromatic carbocycles. The maximum Gasteiger partial charge on any atom is 0.335 e. The minimum atomic E-state index is -0.787. The Morgan fingerprint density at radius 3 is 2.42 bits per heavy atom. The lowest BCUT2D eigenvalue weighted by Crippen LogP contribution is -2.18. The molecule has 2 aliphatic rings. The SMILES string of the molecule is O=C(O)[C@@H]1O[C@H]1C1CCCCC1. The summed E-state index contributed by atoms with van der Waals surface area (Å²) in [6.45, 7) is 0. The second kappa shape index (κ2) is 3.05. The van der Waals surface area contributed by atoms with E-state index in [1.165, 1.54) is 19.3 Å². The van der Waals surface area contributed by atoms with Gasteiger partial charge in [0.2, 0.25) is 0 Å². The van der Waals surface area contributed by atoms with Crippen LogP contribution in [0.1, 0.15) is 32.1 Å². The van der Waals surface area contributed by atoms with Crippen molar-refractivity contribution in [2.75, 3.05) is 0 Å². The topological polar surface area (TPSA) is 49.8 Å². The van der Waals surface area contributed by atoms with Crippen LogP contribution in [0.3, 0.4) is 0 Å². The largest absolute Gasteiger partial charge is 0.479 e. The normalized spacial score (nSPS) is 36.3. The van der Waals surface area contributed by atoms with Crippen molar-refractivity contribution < 1.29 is 14.6 Å². The average Bonchev–Trinajstić information content (AvgIpc) is 2.84. The summed E-state index contributed by atoms with van der Waals surface area (Å²) in [5.74, 6) is -0.259. The van der Waals surface area contributed by atoms with Crippen molar-refractivity contribution in [3.63, 3.8) is 0 Å². The van der Waals surface area contributed by atoms with E-state index in [9.17, 15) is 4.79 Å². The number of hydrogen-bond donors (Lipinski definition) is 1. The van der Waals surface area contributed by atoms with E-state index in [2.05, 4.69) is 0 Å². The van der Waals surface area contributed by atoms with Gasteiger partial charge in [0, 0.05) is 0 Å². The van der Waals surface area contributed by atoms with Crippen molar-refractivity contribution in [2.45, 2.75) is 44.3 Å². The molecular formula is C9H14O3. The van der Waals surface area contributed by atoms with E-state index in [0.29, 0.717) is 5.92 Å². The second-order valence-corrected chi connectivity index (χ2v) is 3.76. The van der Waals surface area contributed by atoms with Crippen LogP contribution in [-0.2, 0) is 9.53 Å². The molecule has 2 rings (SSSR count). The number of rotatable bonds is 2. The monoisotopic (exact) mass is 170 g/mol. The van der Waals surface area contributed by atoms with E-state index in [1.54, 1.807) is 0 Å². The standard InChI is InChI=1S/C9H14O3/c10-9(11)8-7(12-8)6-4-2-1-3-5-6/h6-8H,1-5H2,(H,10,11)/t7-,8+/m0/s1. The van der Waals surface area contributed by atoms with Gasteiger partial charge in [0.05, 0.1) is 6.10 Å². The average molecular weight is 170 g/mol. The van der Waals surface area contributed by atoms with E-state index in [-0.39, 0.29) is 6.10 Å². The molecule has 2 atom stereocenters. The molecule has 2 fully saturated rings. The number of epoxide rings is 1. The van der Waals surface area contributed by atoms with Gasteiger partial charge in [0.25, 0.3) is 0 Å². The molecule has 3 nitrogen and oxygen atoms in total. The Morgan fingerprint density at radius 1 is 1.25 bits per heavy atom. The molecule has 1 aliphatic heterocycles. The number of carbonyl (C=O) groups is 1. The first-order chi connectivity index (χ1) is 5.79. The zero-order chi connectivity index (χ0) is 8.55. The predicted octanol–water partition coefficient (Wildman–Crippen LogP) is 1.42. The van der Waals surface area contributed by atoms with Crippen LogP contribution in [0.4, 0.5) is 0 Å². The Bertz CT molecular complexity index is 184. The molecule has 1 saturated carbocycles. The highest BCUT2D eigenvalue weighted by Crippen LogP contribution is 2.38. The summed E-state index contributed by atoms with van der Waals surface area (Å²) < 4.78 is 5.12. The van der Waals surface area contributed by atoms with Gasteiger partial charge in [-0.3, -0.25) is 0 Å². The first-order valence-electron chi connectivity index (χ1n) is 4.67. The number of aliphatic carboxylic acids is 1. The molecule has 0 radical (unpaired) electrons. The molecule has 1 saturated heterocycles. The molecule has 0 amide bonds. The number of carboxylic acids is 1. The Morgan fingerprint density at radius 2 is 1.92 bits per heavy atom. The number of carboxylic acid groups (broad SMARTS) is 1. The van der Waals surface area contributed by atoms with Crippen LogP contribution in [-0.4, -0.2) is 23.3 Å². The third-order valence-corrected chi connectivity index (χ3v) is 2.88. The minimum absolute atomic E-state index is 0.0443. The Kier molecular flexibility index (Phi) is 2.05. The van der Waals surface area contributed by atoms with Crippen LogP contribution in [0.2, 0.25) is 0 Å². The van der Waals surface area contributed by atoms with E-state index >= 15 is 0 Å². The molecule has 0 spiro atoms. The highest BCUT2D eigenvalue weighted by molar-refractivity contribution is 5.75. The summed E-state index contributed by atoms with van der Waals surface area (Å²) >= 11 is 0. The molecule has 12 heavy (non-hydrogen) atoms. The highest BCUT2D eigenvalue weighted by Gasteiger charge is 2.49. The quantitative estimate of drug-likeness (QED) is 0.637. The zero-order valence-electron chi connectivity index (χ0n) is 7.03. The van der Waals surface area contributed by atoms with Crippen LogP contribution in [0.25, 0.3) is 0 Å². The van der Waals surface area contributed by atoms with Gasteiger partial charge in [-0.1, -0.05) is 19.3 Å². The van der Waals surface area contributed by atoms with Crippen LogP contribution in [0, 0.1) is 5.92 Å². The van der Waals surface area contributed by atoms with Crippen LogP contribution < -0.4 is 0 Å². The summed E-state index contributed by atoms with van der Waals surface area (Å²) in [6.07, 6.45) is 5.69. The van der Waals surface area contributed by atoms with Crippen molar-refractivity contribution in [3.05, 3.63) is 0 Å². The first kappa shape index (κ1) is 8.05. The molecule has 1 heterocycles. The molecule has 1 aliphatic carbocycles. The maximum absolute atomic E-state index is 10.5. The first-order valence-corrected chi connectivity index (χ1v) is 4.67. The highest BCUT2D eigenvalue weighted by atomic mass is 16.6. The lowest BCUT2D eigenvalue weighted by Gasteiger charge is -2.18. The third-order valence-electron chi connectivity index (χ3n) is 2.88. The predicted molar refractivity (Wildman–Crippen MR) is 42.9 cm³/mol. The Balaban J connectivity index is 1.83. The Hall–Kier alpha value is -0.570. The molecule has 68 valence electrons. The van der Waals surface area contributed by atoms with Crippen molar-refractivity contribution in [1.82, 2.24) is 0 Å². The molecule has 0 aromatic heterocycles. The fourth-order valence-corrected chi connectivity index (χ4v) is 2.14. The van der Waals surface area contributed by atoms with Crippen molar-refractivity contribution >= 4 is 5.97 Å². The molecule has 0 unspecified atom stereocenters. The van der Waals surface area contributed by atoms with Gasteiger partial charge in [0.1, 0.15) is 0 Å². The fraction of sp³-hybridized carbons (Fsp3) is 0.889. The minimum Gasteiger partial charge on any atom is -0.479 e. The maximum atomic E-state index is 10.5. The van der Waals surface area contributed by atoms with Gasteiger partial charge in [-0.15, -0.1) is 0 Å². The van der Waals surface area contributed by atoms with Crippen LogP contribution >= 0.6 is 0 Å². The van der Waals surface area contributed by atoms with E-state index in [1.807, 2.05) is 0 Å². The lowest BCUT2D eigenvalue weighted by molar-refractivity contribution is -0.138. The molecular weight excluding hydrogens is 156 g/mol. The van der Waals surface area contributed by atoms with Crippen molar-refractivity contribution in [2.24, 2.45) is 5.92 Å². The van der Waals surface area contributed by atoms with E-state index in [4.69, 9.17) is 9.84 Å². The van der Waals surface area contributed by atoms with Gasteiger partial charge in [-0.25, -0.2) is 4.79 Å². The summed E-state index contributed by atoms with van der Waals surface area (Å²) in [7, 11) is 0. The second-order valence-electron chi connectivity index (χ2n) is 3.76. The summed E-state index contributed by atoms with van der Waals surface area (Å²) in [5, 5.41) is 8.63. The summed E-state index contributed by atoms with van der Waals surface area (Å²) in [5.41, 5.74) is 0. The summed E-state index contributed by atoms with van der Waals surface area (Å²) in [6, 6.07) is 0. The number of hydrogen-bond acceptors (Lipinski definition) is 2. The number of ether oxygens (including phenoxy) is 1. The van der Waals surface area contributed by atoms with Crippen LogP contribution in [0.5, 0.6) is 0 Å². The molecule has 1 N–H and O–H groups in total. The van der Waals surface area contributed by atoms with Gasteiger partial charge in [0.15, 0.2) is 6.10 Å². The van der Waals surface area contributed by atoms with Gasteiger partial charge in [-0.05, 0) is 18.8 Å². The van der Waals surface area contributed by atoms with Gasteiger partial charge in [-0.2, -0.15) is 0 Å². The van der Waals surface area contributed by atoms with Crippen molar-refractivity contribution in [1.29, 1.82) is 0 Å². The van der Waals surface area contributed by atoms with E-state index in [0.717, 1.165) is 12.8 Å². The Labute approximate surface area is 71.7 Å². The zero-order valence-corrected chi connectivity index (χ0v) is 7.03. The smallest absolute Gasteiger partial charge is 0.335 e. The molecule has 3 heteroatoms. The molecule has 0 bridgehead atoms. The van der Waals surface area contributed by atoms with Crippen LogP contribution in [0.15, 0.2) is 0 Å². The van der Waals surface area contributed by atoms with Gasteiger partial charge >= 0.3 is 5.97 Å². The third kappa shape index (κ3) is 1.46. The van der Waals surface area contributed by atoms with E-state index < -0.39 is 12.1 Å². The lowest BCUT2D eigenvalue weighted by atomic mass is 9.86.